The van der Waals surface area contributed by atoms with E-state index in [0.717, 1.165) is 25.7 Å². The van der Waals surface area contributed by atoms with Crippen molar-refractivity contribution in [2.75, 3.05) is 11.9 Å². The Bertz CT molecular complexity index is 834. The molecule has 0 atom stereocenters. The third kappa shape index (κ3) is 4.68. The number of anilines is 1. The van der Waals surface area contributed by atoms with Crippen LogP contribution >= 0.6 is 0 Å². The van der Waals surface area contributed by atoms with Gasteiger partial charge in [-0.1, -0.05) is 25.7 Å². The van der Waals surface area contributed by atoms with E-state index in [4.69, 9.17) is 5.21 Å². The van der Waals surface area contributed by atoms with E-state index in [0.29, 0.717) is 17.2 Å². The molecule has 0 aromatic carbocycles. The molecule has 0 unspecified atom stereocenters. The summed E-state index contributed by atoms with van der Waals surface area (Å²) in [6.45, 7) is 1.88. The molecule has 0 aliphatic carbocycles. The van der Waals surface area contributed by atoms with Gasteiger partial charge in [0.1, 0.15) is 11.5 Å². The Morgan fingerprint density at radius 2 is 2.24 bits per heavy atom. The molecule has 0 spiro atoms. The number of rotatable bonds is 7. The van der Waals surface area contributed by atoms with Gasteiger partial charge in [0.05, 0.1) is 17.7 Å². The first-order chi connectivity index (χ1) is 12.1. The molecule has 9 nitrogen and oxygen atoms in total. The van der Waals surface area contributed by atoms with Crippen LogP contribution in [0, 0.1) is 22.0 Å². The number of unbranched alkanes of at least 4 members (excludes halogenated alkanes) is 3. The lowest BCUT2D eigenvalue weighted by Gasteiger charge is -2.05. The van der Waals surface area contributed by atoms with Crippen molar-refractivity contribution in [3.05, 3.63) is 34.1 Å². The van der Waals surface area contributed by atoms with Gasteiger partial charge in [-0.25, -0.2) is 10.5 Å². The molecule has 25 heavy (non-hydrogen) atoms. The summed E-state index contributed by atoms with van der Waals surface area (Å²) in [5.74, 6) is 5.69. The summed E-state index contributed by atoms with van der Waals surface area (Å²) in [4.78, 5) is 26.1. The number of pyridine rings is 1. The van der Waals surface area contributed by atoms with Gasteiger partial charge < -0.3 is 5.32 Å². The first kappa shape index (κ1) is 18.2. The Hall–Kier alpha value is -3.12. The standard InChI is InChI=1S/C16H19N5O4/c1-2-3-4-5-6-7-13-16(17-10-15(22)19-23)20-11-12(21(24)25)8-9-14(20)18-13/h8-9,11,17,23H,2-5,10H2,1H3,(H,19,22). The number of aromatic nitrogens is 2. The Kier molecular flexibility index (Phi) is 6.31. The second kappa shape index (κ2) is 8.65. The van der Waals surface area contributed by atoms with Gasteiger partial charge in [-0.15, -0.1) is 0 Å². The van der Waals surface area contributed by atoms with E-state index in [1.807, 2.05) is 0 Å². The minimum atomic E-state index is -0.651. The first-order valence-corrected chi connectivity index (χ1v) is 7.89. The van der Waals surface area contributed by atoms with Crippen LogP contribution < -0.4 is 10.8 Å². The van der Waals surface area contributed by atoms with Gasteiger partial charge in [-0.3, -0.25) is 24.5 Å². The molecule has 0 bridgehead atoms. The molecule has 0 aliphatic heterocycles. The number of nitro groups is 1. The van der Waals surface area contributed by atoms with Crippen molar-refractivity contribution in [1.29, 1.82) is 0 Å². The lowest BCUT2D eigenvalue weighted by molar-refractivity contribution is -0.385. The number of hydroxylamine groups is 1. The molecule has 0 radical (unpaired) electrons. The number of hydrogen-bond acceptors (Lipinski definition) is 6. The topological polar surface area (TPSA) is 122 Å². The molecule has 2 aromatic rings. The molecule has 1 amide bonds. The smallest absolute Gasteiger partial charge is 0.286 e. The fourth-order valence-corrected chi connectivity index (χ4v) is 2.21. The molecule has 0 saturated carbocycles. The fourth-order valence-electron chi connectivity index (χ4n) is 2.21. The van der Waals surface area contributed by atoms with Gasteiger partial charge in [0.25, 0.3) is 11.6 Å². The molecule has 3 N–H and O–H groups in total. The lowest BCUT2D eigenvalue weighted by Crippen LogP contribution is -2.27. The molecule has 9 heteroatoms. The van der Waals surface area contributed by atoms with Crippen LogP contribution in [0.2, 0.25) is 0 Å². The Balaban J connectivity index is 2.36. The molecule has 0 fully saturated rings. The highest BCUT2D eigenvalue weighted by Crippen LogP contribution is 2.21. The number of amides is 1. The Labute approximate surface area is 144 Å². The quantitative estimate of drug-likeness (QED) is 0.232. The van der Waals surface area contributed by atoms with Gasteiger partial charge in [-0.2, -0.15) is 0 Å². The van der Waals surface area contributed by atoms with Crippen molar-refractivity contribution in [2.45, 2.75) is 32.6 Å². The van der Waals surface area contributed by atoms with Gasteiger partial charge in [0, 0.05) is 12.5 Å². The summed E-state index contributed by atoms with van der Waals surface area (Å²) in [6.07, 6.45) is 5.21. The third-order valence-corrected chi connectivity index (χ3v) is 3.47. The van der Waals surface area contributed by atoms with Crippen LogP contribution in [0.1, 0.15) is 38.3 Å². The zero-order valence-electron chi connectivity index (χ0n) is 13.8. The zero-order valence-corrected chi connectivity index (χ0v) is 13.8. The van der Waals surface area contributed by atoms with E-state index in [1.165, 1.54) is 28.2 Å². The predicted molar refractivity (Wildman–Crippen MR) is 91.3 cm³/mol. The van der Waals surface area contributed by atoms with Gasteiger partial charge in [-0.05, 0) is 18.4 Å². The highest BCUT2D eigenvalue weighted by atomic mass is 16.6. The van der Waals surface area contributed by atoms with Crippen molar-refractivity contribution >= 4 is 23.1 Å². The van der Waals surface area contributed by atoms with Crippen molar-refractivity contribution < 1.29 is 14.9 Å². The Morgan fingerprint density at radius 3 is 2.92 bits per heavy atom. The number of carbonyl (C=O) groups excluding carboxylic acids is 1. The SMILES string of the molecule is CCCCCC#Cc1nc2ccc([N+](=O)[O-])cn2c1NCC(=O)NO. The summed E-state index contributed by atoms with van der Waals surface area (Å²) >= 11 is 0. The van der Waals surface area contributed by atoms with Crippen LogP contribution in [0.5, 0.6) is 0 Å². The van der Waals surface area contributed by atoms with Crippen molar-refractivity contribution in [3.8, 4) is 11.8 Å². The maximum atomic E-state index is 11.3. The summed E-state index contributed by atoms with van der Waals surface area (Å²) in [5.41, 5.74) is 2.27. The number of nitrogens with one attached hydrogen (secondary N) is 2. The molecule has 0 aliphatic rings. The minimum absolute atomic E-state index is 0.109. The number of imidazole rings is 1. The number of fused-ring (bicyclic) bond motifs is 1. The molecule has 2 aromatic heterocycles. The van der Waals surface area contributed by atoms with Crippen LogP contribution in [0.4, 0.5) is 11.5 Å². The van der Waals surface area contributed by atoms with Crippen LogP contribution in [-0.2, 0) is 4.79 Å². The summed E-state index contributed by atoms with van der Waals surface area (Å²) in [5, 5.41) is 22.4. The highest BCUT2D eigenvalue weighted by Gasteiger charge is 2.15. The van der Waals surface area contributed by atoms with E-state index in [1.54, 1.807) is 0 Å². The minimum Gasteiger partial charge on any atom is -0.360 e. The third-order valence-electron chi connectivity index (χ3n) is 3.47. The molecule has 0 saturated heterocycles. The summed E-state index contributed by atoms with van der Waals surface area (Å²) in [7, 11) is 0. The fraction of sp³-hybridized carbons (Fsp3) is 0.375. The lowest BCUT2D eigenvalue weighted by atomic mass is 10.2. The zero-order chi connectivity index (χ0) is 18.2. The first-order valence-electron chi connectivity index (χ1n) is 7.89. The van der Waals surface area contributed by atoms with Crippen LogP contribution in [-0.4, -0.2) is 32.0 Å². The van der Waals surface area contributed by atoms with Crippen LogP contribution in [0.15, 0.2) is 18.3 Å². The number of hydrogen-bond donors (Lipinski definition) is 3. The monoisotopic (exact) mass is 345 g/mol. The second-order valence-electron chi connectivity index (χ2n) is 5.33. The Morgan fingerprint density at radius 1 is 1.44 bits per heavy atom. The predicted octanol–water partition coefficient (Wildman–Crippen LogP) is 2.09. The van der Waals surface area contributed by atoms with Crippen molar-refractivity contribution in [1.82, 2.24) is 14.9 Å². The van der Waals surface area contributed by atoms with E-state index >= 15 is 0 Å². The molecule has 2 rings (SSSR count). The molecule has 132 valence electrons. The van der Waals surface area contributed by atoms with E-state index in [2.05, 4.69) is 29.1 Å². The maximum absolute atomic E-state index is 11.3. The van der Waals surface area contributed by atoms with E-state index in [-0.39, 0.29) is 12.2 Å². The van der Waals surface area contributed by atoms with Gasteiger partial charge in [0.15, 0.2) is 5.69 Å². The van der Waals surface area contributed by atoms with Crippen LogP contribution in [0.25, 0.3) is 5.65 Å². The molecule has 2 heterocycles. The number of carbonyl (C=O) groups is 1. The second-order valence-corrected chi connectivity index (χ2v) is 5.33. The molecular formula is C16H19N5O4. The van der Waals surface area contributed by atoms with Crippen LogP contribution in [0.3, 0.4) is 0 Å². The van der Waals surface area contributed by atoms with E-state index < -0.39 is 10.8 Å². The van der Waals surface area contributed by atoms with Crippen molar-refractivity contribution in [3.63, 3.8) is 0 Å². The summed E-state index contributed by atoms with van der Waals surface area (Å²) < 4.78 is 1.47. The average Bonchev–Trinajstić information content (AvgIpc) is 2.96. The highest BCUT2D eigenvalue weighted by molar-refractivity contribution is 5.80. The van der Waals surface area contributed by atoms with Gasteiger partial charge in [0.2, 0.25) is 0 Å². The average molecular weight is 345 g/mol. The van der Waals surface area contributed by atoms with E-state index in [9.17, 15) is 14.9 Å². The number of nitrogens with zero attached hydrogens (tertiary/aromatic N) is 3. The summed E-state index contributed by atoms with van der Waals surface area (Å²) in [6, 6.07) is 2.86. The maximum Gasteiger partial charge on any atom is 0.286 e. The van der Waals surface area contributed by atoms with Gasteiger partial charge >= 0.3 is 0 Å². The normalized spacial score (nSPS) is 10.2. The largest absolute Gasteiger partial charge is 0.360 e. The van der Waals surface area contributed by atoms with Crippen molar-refractivity contribution in [2.24, 2.45) is 0 Å². The molecular weight excluding hydrogens is 326 g/mol.